The molecule has 0 spiro atoms. The molecule has 3 nitrogen and oxygen atoms in total. The van der Waals surface area contributed by atoms with Crippen LogP contribution < -0.4 is 0 Å². The molecule has 0 heterocycles. The number of unbranched alkanes of at least 4 members (excludes halogenated alkanes) is 9. The third kappa shape index (κ3) is 12.9. The lowest BCUT2D eigenvalue weighted by molar-refractivity contribution is -0.904. The highest BCUT2D eigenvalue weighted by atomic mass is 16.5. The number of ether oxygens (including phenoxy) is 1. The molecule has 0 saturated carbocycles. The van der Waals surface area contributed by atoms with Crippen molar-refractivity contribution in [2.24, 2.45) is 0 Å². The normalized spacial score (nSPS) is 11.1. The van der Waals surface area contributed by atoms with Crippen LogP contribution in [0.1, 0.15) is 71.1 Å². The van der Waals surface area contributed by atoms with Gasteiger partial charge in [0.1, 0.15) is 0 Å². The van der Waals surface area contributed by atoms with Gasteiger partial charge in [0, 0.05) is 0 Å². The minimum Gasteiger partial charge on any atom is -0.462 e. The number of carbonyl (C=O) groups excluding carboxylic acids is 1. The van der Waals surface area contributed by atoms with Gasteiger partial charge in [0.2, 0.25) is 0 Å². The highest BCUT2D eigenvalue weighted by molar-refractivity contribution is 5.70. The van der Waals surface area contributed by atoms with Gasteiger partial charge in [0.15, 0.2) is 6.54 Å². The summed E-state index contributed by atoms with van der Waals surface area (Å²) in [5.74, 6) is -0.133. The molecule has 0 atom stereocenters. The van der Waals surface area contributed by atoms with Crippen LogP contribution in [0.25, 0.3) is 0 Å². The van der Waals surface area contributed by atoms with Gasteiger partial charge in [-0.05, 0) is 24.6 Å². The fourth-order valence-corrected chi connectivity index (χ4v) is 3.33. The topological polar surface area (TPSA) is 26.3 Å². The summed E-state index contributed by atoms with van der Waals surface area (Å²) in [4.78, 5) is 12.2. The summed E-state index contributed by atoms with van der Waals surface area (Å²) in [6.07, 6.45) is 18.4. The largest absolute Gasteiger partial charge is 0.462 e. The summed E-state index contributed by atoms with van der Waals surface area (Å²) in [7, 11) is 0. The Morgan fingerprint density at radius 3 is 1.62 bits per heavy atom. The Morgan fingerprint density at radius 2 is 1.19 bits per heavy atom. The van der Waals surface area contributed by atoms with E-state index >= 15 is 0 Å². The van der Waals surface area contributed by atoms with Gasteiger partial charge in [-0.1, -0.05) is 84.4 Å². The minimum absolute atomic E-state index is 0.133. The molecule has 0 saturated heterocycles. The third-order valence-corrected chi connectivity index (χ3v) is 4.77. The molecule has 0 aromatic heterocycles. The lowest BCUT2D eigenvalue weighted by Crippen LogP contribution is -2.52. The Morgan fingerprint density at radius 1 is 0.769 bits per heavy atom. The zero-order valence-electron chi connectivity index (χ0n) is 17.2. The zero-order chi connectivity index (χ0) is 19.5. The summed E-state index contributed by atoms with van der Waals surface area (Å²) >= 11 is 0. The summed E-state index contributed by atoms with van der Waals surface area (Å²) in [5.41, 5.74) is 0. The van der Waals surface area contributed by atoms with E-state index in [2.05, 4.69) is 26.7 Å². The van der Waals surface area contributed by atoms with Crippen molar-refractivity contribution in [3.05, 3.63) is 38.0 Å². The van der Waals surface area contributed by atoms with Crippen LogP contribution in [0.3, 0.4) is 0 Å². The van der Waals surface area contributed by atoms with E-state index in [1.54, 1.807) is 0 Å². The van der Waals surface area contributed by atoms with Crippen LogP contribution >= 0.6 is 0 Å². The molecule has 0 N–H and O–H groups in total. The van der Waals surface area contributed by atoms with Crippen molar-refractivity contribution in [2.75, 3.05) is 32.8 Å². The molecule has 0 bridgehead atoms. The molecule has 0 unspecified atom stereocenters. The average molecular weight is 365 g/mol. The number of hydrogen-bond acceptors (Lipinski definition) is 2. The van der Waals surface area contributed by atoms with Gasteiger partial charge in [-0.15, -0.1) is 0 Å². The van der Waals surface area contributed by atoms with Gasteiger partial charge >= 0.3 is 5.97 Å². The maximum atomic E-state index is 12.2. The number of rotatable bonds is 19. The second kappa shape index (κ2) is 17.1. The SMILES string of the molecule is C=CC[N+](CC=C)(CC=C)CC(=O)OCCCCCCCCCCCC. The van der Waals surface area contributed by atoms with Crippen LogP contribution in [0.2, 0.25) is 0 Å². The molecule has 0 rings (SSSR count). The first-order chi connectivity index (χ1) is 12.6. The summed E-state index contributed by atoms with van der Waals surface area (Å²) < 4.78 is 6.01. The van der Waals surface area contributed by atoms with E-state index in [0.717, 1.165) is 12.8 Å². The summed E-state index contributed by atoms with van der Waals surface area (Å²) in [6, 6.07) is 0. The molecule has 0 aliphatic carbocycles. The lowest BCUT2D eigenvalue weighted by Gasteiger charge is -2.34. The molecule has 3 heteroatoms. The van der Waals surface area contributed by atoms with E-state index in [1.807, 2.05) is 18.2 Å². The highest BCUT2D eigenvalue weighted by Gasteiger charge is 2.27. The number of hydrogen-bond donors (Lipinski definition) is 0. The van der Waals surface area contributed by atoms with Crippen LogP contribution in [-0.2, 0) is 9.53 Å². The molecule has 0 fully saturated rings. The van der Waals surface area contributed by atoms with Gasteiger partial charge < -0.3 is 9.22 Å². The van der Waals surface area contributed by atoms with E-state index in [4.69, 9.17) is 4.74 Å². The van der Waals surface area contributed by atoms with Gasteiger partial charge in [0.05, 0.1) is 26.2 Å². The van der Waals surface area contributed by atoms with E-state index in [9.17, 15) is 4.79 Å². The summed E-state index contributed by atoms with van der Waals surface area (Å²) in [6.45, 7) is 16.7. The number of carbonyl (C=O) groups is 1. The molecule has 0 aromatic carbocycles. The van der Waals surface area contributed by atoms with Crippen molar-refractivity contribution in [3.8, 4) is 0 Å². The molecule has 0 amide bonds. The van der Waals surface area contributed by atoms with Crippen LogP contribution in [0.4, 0.5) is 0 Å². The quantitative estimate of drug-likeness (QED) is 0.125. The minimum atomic E-state index is -0.133. The van der Waals surface area contributed by atoms with E-state index in [1.165, 1.54) is 51.4 Å². The molecular weight excluding hydrogens is 322 g/mol. The number of quaternary nitrogens is 1. The first-order valence-electron chi connectivity index (χ1n) is 10.5. The van der Waals surface area contributed by atoms with Crippen molar-refractivity contribution in [3.63, 3.8) is 0 Å². The second-order valence-corrected chi connectivity index (χ2v) is 7.32. The molecule has 0 aliphatic rings. The Bertz CT molecular complexity index is 363. The molecule has 0 radical (unpaired) electrons. The van der Waals surface area contributed by atoms with Crippen molar-refractivity contribution in [1.29, 1.82) is 0 Å². The highest BCUT2D eigenvalue weighted by Crippen LogP contribution is 2.11. The fourth-order valence-electron chi connectivity index (χ4n) is 3.33. The predicted octanol–water partition coefficient (Wildman–Crippen LogP) is 5.83. The predicted molar refractivity (Wildman–Crippen MR) is 113 cm³/mol. The Kier molecular flexibility index (Phi) is 16.2. The van der Waals surface area contributed by atoms with E-state index < -0.39 is 0 Å². The maximum Gasteiger partial charge on any atom is 0.361 e. The maximum absolute atomic E-state index is 12.2. The van der Waals surface area contributed by atoms with Crippen molar-refractivity contribution < 1.29 is 14.0 Å². The molecule has 0 aliphatic heterocycles. The Labute approximate surface area is 162 Å². The summed E-state index contributed by atoms with van der Waals surface area (Å²) in [5, 5.41) is 0. The molecule has 150 valence electrons. The molecule has 26 heavy (non-hydrogen) atoms. The van der Waals surface area contributed by atoms with E-state index in [-0.39, 0.29) is 5.97 Å². The monoisotopic (exact) mass is 364 g/mol. The van der Waals surface area contributed by atoms with Gasteiger partial charge in [-0.25, -0.2) is 4.79 Å². The van der Waals surface area contributed by atoms with Gasteiger partial charge in [0.25, 0.3) is 0 Å². The van der Waals surface area contributed by atoms with Gasteiger partial charge in [-0.2, -0.15) is 0 Å². The average Bonchev–Trinajstić information content (AvgIpc) is 2.60. The smallest absolute Gasteiger partial charge is 0.361 e. The van der Waals surface area contributed by atoms with Crippen molar-refractivity contribution in [2.45, 2.75) is 71.1 Å². The second-order valence-electron chi connectivity index (χ2n) is 7.32. The van der Waals surface area contributed by atoms with Crippen LogP contribution in [0.5, 0.6) is 0 Å². The number of esters is 1. The Balaban J connectivity index is 3.84. The van der Waals surface area contributed by atoms with Crippen LogP contribution in [0, 0.1) is 0 Å². The zero-order valence-corrected chi connectivity index (χ0v) is 17.2. The standard InChI is InChI=1S/C23H42NO2/c1-5-9-10-11-12-13-14-15-16-17-21-26-23(25)22-24(18-6-2,19-7-3)20-8-4/h6-8H,2-5,9-22H2,1H3/q+1. The van der Waals surface area contributed by atoms with Crippen LogP contribution in [0.15, 0.2) is 38.0 Å². The van der Waals surface area contributed by atoms with E-state index in [0.29, 0.717) is 37.3 Å². The first-order valence-corrected chi connectivity index (χ1v) is 10.5. The van der Waals surface area contributed by atoms with Gasteiger partial charge in [-0.3, -0.25) is 0 Å². The molecule has 0 aromatic rings. The Hall–Kier alpha value is -1.35. The lowest BCUT2D eigenvalue weighted by atomic mass is 10.1. The third-order valence-electron chi connectivity index (χ3n) is 4.77. The fraction of sp³-hybridized carbons (Fsp3) is 0.696. The first kappa shape index (κ1) is 24.7. The number of nitrogens with zero attached hydrogens (tertiary/aromatic N) is 1. The van der Waals surface area contributed by atoms with Crippen molar-refractivity contribution >= 4 is 5.97 Å². The molecular formula is C23H42NO2+. The van der Waals surface area contributed by atoms with Crippen LogP contribution in [-0.4, -0.2) is 43.2 Å². The van der Waals surface area contributed by atoms with Crippen molar-refractivity contribution in [1.82, 2.24) is 0 Å².